The number of fused-ring (bicyclic) bond motifs is 1. The number of nitrogens with zero attached hydrogens (tertiary/aromatic N) is 1. The van der Waals surface area contributed by atoms with Gasteiger partial charge in [0.2, 0.25) is 0 Å². The molecule has 0 amide bonds. The number of aromatic carboxylic acids is 1. The zero-order valence-corrected chi connectivity index (χ0v) is 18.5. The summed E-state index contributed by atoms with van der Waals surface area (Å²) in [7, 11) is -7.86. The minimum Gasteiger partial charge on any atom is -0.478 e. The van der Waals surface area contributed by atoms with Crippen LogP contribution in [0.2, 0.25) is 0 Å². The maximum absolute atomic E-state index is 13.1. The normalized spacial score (nSPS) is 12.3. The average Bonchev–Trinajstić information content (AvgIpc) is 3.41. The zero-order valence-electron chi connectivity index (χ0n) is 15.3. The molecule has 1 aromatic carbocycles. The van der Waals surface area contributed by atoms with E-state index >= 15 is 0 Å². The fourth-order valence-electron chi connectivity index (χ4n) is 3.16. The van der Waals surface area contributed by atoms with Crippen molar-refractivity contribution in [3.05, 3.63) is 64.5 Å². The molecular weight excluding hydrogens is 468 g/mol. The third-order valence-electron chi connectivity index (χ3n) is 4.37. The first-order valence-corrected chi connectivity index (χ1v) is 13.0. The summed E-state index contributed by atoms with van der Waals surface area (Å²) in [6, 6.07) is 10.2. The number of nitrogens with one attached hydrogen (secondary N) is 1. The summed E-state index contributed by atoms with van der Waals surface area (Å²) in [6.45, 7) is 1.41. The van der Waals surface area contributed by atoms with E-state index in [1.165, 1.54) is 37.3 Å². The molecule has 0 aliphatic heterocycles. The van der Waals surface area contributed by atoms with Crippen molar-refractivity contribution in [3.63, 3.8) is 0 Å². The molecule has 0 aliphatic rings. The predicted molar refractivity (Wildman–Crippen MR) is 116 cm³/mol. The van der Waals surface area contributed by atoms with Crippen molar-refractivity contribution in [3.8, 4) is 0 Å². The summed E-state index contributed by atoms with van der Waals surface area (Å²) in [4.78, 5) is 11.9. The molecule has 3 heterocycles. The molecular formula is C18H14N2O6S4. The SMILES string of the molecule is Cc1c(C(=O)O)c2cc(NS(=O)(=O)c3cccs3)ccc2n1S(=O)(=O)c1cccs1. The van der Waals surface area contributed by atoms with Gasteiger partial charge in [-0.1, -0.05) is 12.1 Å². The Hall–Kier alpha value is -2.67. The van der Waals surface area contributed by atoms with Crippen molar-refractivity contribution in [1.29, 1.82) is 0 Å². The molecule has 4 aromatic rings. The van der Waals surface area contributed by atoms with Crippen LogP contribution in [0.4, 0.5) is 5.69 Å². The second kappa shape index (κ2) is 7.23. The van der Waals surface area contributed by atoms with Crippen LogP contribution in [0.15, 0.2) is 61.6 Å². The Morgan fingerprint density at radius 1 is 1.00 bits per heavy atom. The number of benzene rings is 1. The number of thiophene rings is 2. The largest absolute Gasteiger partial charge is 0.478 e. The third kappa shape index (κ3) is 3.31. The second-order valence-electron chi connectivity index (χ2n) is 6.24. The highest BCUT2D eigenvalue weighted by molar-refractivity contribution is 7.94. The van der Waals surface area contributed by atoms with E-state index in [1.807, 2.05) is 0 Å². The van der Waals surface area contributed by atoms with Crippen molar-refractivity contribution >= 4 is 65.3 Å². The number of hydrogen-bond donors (Lipinski definition) is 2. The number of anilines is 1. The molecule has 30 heavy (non-hydrogen) atoms. The summed E-state index contributed by atoms with van der Waals surface area (Å²) in [6.07, 6.45) is 0. The topological polar surface area (TPSA) is 123 Å². The number of carboxylic acid groups (broad SMARTS) is 1. The lowest BCUT2D eigenvalue weighted by molar-refractivity contribution is 0.0698. The Morgan fingerprint density at radius 2 is 1.63 bits per heavy atom. The minimum atomic E-state index is -4.01. The summed E-state index contributed by atoms with van der Waals surface area (Å²) < 4.78 is 54.8. The lowest BCUT2D eigenvalue weighted by atomic mass is 10.1. The lowest BCUT2D eigenvalue weighted by Gasteiger charge is -2.09. The molecule has 0 atom stereocenters. The van der Waals surface area contributed by atoms with Crippen LogP contribution in [0.5, 0.6) is 0 Å². The standard InChI is InChI=1S/C18H14N2O6S4/c1-11-17(18(21)22)13-10-12(19-29(23,24)15-4-2-8-27-15)6-7-14(13)20(11)30(25,26)16-5-3-9-28-16/h2-10,19H,1H3,(H,21,22). The second-order valence-corrected chi connectivity index (χ2v) is 12.1. The first kappa shape index (κ1) is 20.6. The van der Waals surface area contributed by atoms with Crippen LogP contribution in [-0.2, 0) is 20.0 Å². The Labute approximate surface area is 180 Å². The van der Waals surface area contributed by atoms with Crippen LogP contribution in [0.3, 0.4) is 0 Å². The fourth-order valence-corrected chi connectivity index (χ4v) is 7.82. The molecule has 0 radical (unpaired) electrons. The van der Waals surface area contributed by atoms with Gasteiger partial charge in [0.15, 0.2) is 0 Å². The summed E-state index contributed by atoms with van der Waals surface area (Å²) in [5, 5.41) is 13.1. The third-order valence-corrected chi connectivity index (χ3v) is 10.3. The number of hydrogen-bond acceptors (Lipinski definition) is 7. The molecule has 0 saturated carbocycles. The number of carboxylic acids is 1. The van der Waals surface area contributed by atoms with E-state index < -0.39 is 26.0 Å². The van der Waals surface area contributed by atoms with Gasteiger partial charge in [0.25, 0.3) is 20.0 Å². The highest BCUT2D eigenvalue weighted by Gasteiger charge is 2.28. The maximum Gasteiger partial charge on any atom is 0.338 e. The summed E-state index contributed by atoms with van der Waals surface area (Å²) in [5.41, 5.74) is 0.105. The van der Waals surface area contributed by atoms with Crippen molar-refractivity contribution in [2.24, 2.45) is 0 Å². The summed E-state index contributed by atoms with van der Waals surface area (Å²) in [5.74, 6) is -1.31. The van der Waals surface area contributed by atoms with Gasteiger partial charge in [-0.05, 0) is 48.0 Å². The molecule has 0 bridgehead atoms. The van der Waals surface area contributed by atoms with Crippen LogP contribution in [0.25, 0.3) is 10.9 Å². The van der Waals surface area contributed by atoms with E-state index in [-0.39, 0.29) is 36.3 Å². The monoisotopic (exact) mass is 482 g/mol. The molecule has 0 saturated heterocycles. The molecule has 0 spiro atoms. The van der Waals surface area contributed by atoms with Gasteiger partial charge < -0.3 is 5.11 Å². The number of carbonyl (C=O) groups is 1. The zero-order chi connectivity index (χ0) is 21.7. The number of rotatable bonds is 6. The van der Waals surface area contributed by atoms with E-state index in [4.69, 9.17) is 0 Å². The van der Waals surface area contributed by atoms with E-state index in [9.17, 15) is 26.7 Å². The Balaban J connectivity index is 1.91. The van der Waals surface area contributed by atoms with Crippen LogP contribution in [-0.4, -0.2) is 31.9 Å². The minimum absolute atomic E-state index is 0.0316. The predicted octanol–water partition coefficient (Wildman–Crippen LogP) is 3.81. The van der Waals surface area contributed by atoms with Gasteiger partial charge in [-0.2, -0.15) is 8.42 Å². The molecule has 3 aromatic heterocycles. The van der Waals surface area contributed by atoms with Gasteiger partial charge in [0.05, 0.1) is 11.1 Å². The fraction of sp³-hybridized carbons (Fsp3) is 0.0556. The highest BCUT2D eigenvalue weighted by atomic mass is 32.3. The molecule has 0 fully saturated rings. The molecule has 2 N–H and O–H groups in total. The Kier molecular flexibility index (Phi) is 4.97. The molecule has 4 rings (SSSR count). The van der Waals surface area contributed by atoms with Crippen LogP contribution in [0, 0.1) is 6.92 Å². The van der Waals surface area contributed by atoms with E-state index in [2.05, 4.69) is 4.72 Å². The average molecular weight is 483 g/mol. The van der Waals surface area contributed by atoms with E-state index in [1.54, 1.807) is 22.9 Å². The van der Waals surface area contributed by atoms with Crippen LogP contribution in [0.1, 0.15) is 16.1 Å². The molecule has 0 aliphatic carbocycles. The van der Waals surface area contributed by atoms with Crippen molar-refractivity contribution in [1.82, 2.24) is 3.97 Å². The van der Waals surface area contributed by atoms with E-state index in [0.29, 0.717) is 0 Å². The molecule has 156 valence electrons. The van der Waals surface area contributed by atoms with Gasteiger partial charge in [0.1, 0.15) is 8.42 Å². The number of aromatic nitrogens is 1. The van der Waals surface area contributed by atoms with Crippen LogP contribution >= 0.6 is 22.7 Å². The van der Waals surface area contributed by atoms with Crippen molar-refractivity contribution in [2.75, 3.05) is 4.72 Å². The maximum atomic E-state index is 13.1. The van der Waals surface area contributed by atoms with Crippen LogP contribution < -0.4 is 4.72 Å². The molecule has 12 heteroatoms. The smallest absolute Gasteiger partial charge is 0.338 e. The van der Waals surface area contributed by atoms with Gasteiger partial charge >= 0.3 is 5.97 Å². The molecule has 0 unspecified atom stereocenters. The first-order valence-electron chi connectivity index (χ1n) is 8.36. The van der Waals surface area contributed by atoms with Gasteiger partial charge in [-0.15, -0.1) is 22.7 Å². The van der Waals surface area contributed by atoms with Gasteiger partial charge in [-0.3, -0.25) is 4.72 Å². The Morgan fingerprint density at radius 3 is 2.20 bits per heavy atom. The van der Waals surface area contributed by atoms with Crippen molar-refractivity contribution in [2.45, 2.75) is 15.3 Å². The quantitative estimate of drug-likeness (QED) is 0.431. The Bertz CT molecular complexity index is 1470. The highest BCUT2D eigenvalue weighted by Crippen LogP contribution is 2.33. The van der Waals surface area contributed by atoms with Crippen molar-refractivity contribution < 1.29 is 26.7 Å². The van der Waals surface area contributed by atoms with E-state index in [0.717, 1.165) is 26.6 Å². The first-order chi connectivity index (χ1) is 14.1. The lowest BCUT2D eigenvalue weighted by Crippen LogP contribution is -2.14. The molecule has 8 nitrogen and oxygen atoms in total. The van der Waals surface area contributed by atoms with Gasteiger partial charge in [0, 0.05) is 16.8 Å². The van der Waals surface area contributed by atoms with Gasteiger partial charge in [-0.25, -0.2) is 17.2 Å². The summed E-state index contributed by atoms with van der Waals surface area (Å²) >= 11 is 2.06. The number of sulfonamides is 1.